The minimum absolute atomic E-state index is 0.0429. The van der Waals surface area contributed by atoms with Crippen LogP contribution in [0.15, 0.2) is 36.5 Å². The Morgan fingerprint density at radius 3 is 2.56 bits per heavy atom. The number of methoxy groups -OCH3 is 1. The van der Waals surface area contributed by atoms with Crippen LogP contribution in [0.3, 0.4) is 0 Å². The van der Waals surface area contributed by atoms with Gasteiger partial charge in [-0.3, -0.25) is 4.98 Å². The van der Waals surface area contributed by atoms with Crippen LogP contribution >= 0.6 is 0 Å². The van der Waals surface area contributed by atoms with Gasteiger partial charge in [0.1, 0.15) is 0 Å². The molecule has 1 heterocycles. The van der Waals surface area contributed by atoms with E-state index < -0.39 is 27.6 Å². The minimum Gasteiger partial charge on any atom is -0.465 e. The zero-order chi connectivity index (χ0) is 18.4. The van der Waals surface area contributed by atoms with Crippen LogP contribution in [-0.2, 0) is 27.7 Å². The molecule has 0 amide bonds. The molecule has 1 aromatic heterocycles. The molecule has 0 aliphatic heterocycles. The number of nitrogens with one attached hydrogen (secondary N) is 1. The van der Waals surface area contributed by atoms with E-state index >= 15 is 0 Å². The lowest BCUT2D eigenvalue weighted by molar-refractivity contribution is 0.0600. The second-order valence-electron chi connectivity index (χ2n) is 5.17. The largest absolute Gasteiger partial charge is 0.465 e. The van der Waals surface area contributed by atoms with Gasteiger partial charge in [-0.15, -0.1) is 0 Å². The van der Waals surface area contributed by atoms with Crippen molar-refractivity contribution in [3.05, 3.63) is 65.0 Å². The Morgan fingerprint density at radius 1 is 1.20 bits per heavy atom. The lowest BCUT2D eigenvalue weighted by Crippen LogP contribution is -2.27. The number of esters is 1. The summed E-state index contributed by atoms with van der Waals surface area (Å²) in [4.78, 5) is 15.3. The predicted molar refractivity (Wildman–Crippen MR) is 86.3 cm³/mol. The molecular formula is C16H16F2N2O4S. The third-order valence-electron chi connectivity index (χ3n) is 3.36. The Balaban J connectivity index is 1.90. The van der Waals surface area contributed by atoms with Crippen molar-refractivity contribution in [3.63, 3.8) is 0 Å². The molecule has 0 radical (unpaired) electrons. The van der Waals surface area contributed by atoms with Gasteiger partial charge in [-0.2, -0.15) is 0 Å². The highest BCUT2D eigenvalue weighted by Crippen LogP contribution is 2.10. The molecule has 0 saturated carbocycles. The van der Waals surface area contributed by atoms with Crippen molar-refractivity contribution in [1.82, 2.24) is 9.71 Å². The molecule has 9 heteroatoms. The first kappa shape index (κ1) is 18.9. The molecule has 1 aromatic carbocycles. The maximum Gasteiger partial charge on any atom is 0.339 e. The number of ether oxygens (including phenoxy) is 1. The third-order valence-corrected chi connectivity index (χ3v) is 4.69. The molecule has 6 nitrogen and oxygen atoms in total. The Kier molecular flexibility index (Phi) is 6.16. The number of hydrogen-bond acceptors (Lipinski definition) is 5. The number of carbonyl (C=O) groups is 1. The van der Waals surface area contributed by atoms with Gasteiger partial charge in [-0.05, 0) is 36.2 Å². The van der Waals surface area contributed by atoms with Gasteiger partial charge in [-0.1, -0.05) is 6.07 Å². The number of aryl methyl sites for hydroxylation is 1. The van der Waals surface area contributed by atoms with E-state index in [4.69, 9.17) is 0 Å². The molecule has 2 aromatic rings. The van der Waals surface area contributed by atoms with E-state index in [0.29, 0.717) is 11.3 Å². The highest BCUT2D eigenvalue weighted by atomic mass is 32.2. The molecule has 0 aliphatic carbocycles. The minimum atomic E-state index is -3.63. The molecule has 25 heavy (non-hydrogen) atoms. The van der Waals surface area contributed by atoms with Gasteiger partial charge in [-0.25, -0.2) is 26.7 Å². The van der Waals surface area contributed by atoms with E-state index in [9.17, 15) is 22.0 Å². The molecule has 0 spiro atoms. The van der Waals surface area contributed by atoms with Crippen LogP contribution in [0, 0.1) is 11.6 Å². The fourth-order valence-corrected chi connectivity index (χ4v) is 2.99. The maximum absolute atomic E-state index is 13.1. The first-order valence-electron chi connectivity index (χ1n) is 7.25. The number of sulfonamides is 1. The van der Waals surface area contributed by atoms with Crippen molar-refractivity contribution in [1.29, 1.82) is 0 Å². The summed E-state index contributed by atoms with van der Waals surface area (Å²) in [5, 5.41) is 0. The van der Waals surface area contributed by atoms with Gasteiger partial charge in [0.15, 0.2) is 11.6 Å². The Labute approximate surface area is 143 Å². The molecule has 0 bridgehead atoms. The zero-order valence-electron chi connectivity index (χ0n) is 13.3. The molecule has 1 N–H and O–H groups in total. The van der Waals surface area contributed by atoms with Gasteiger partial charge in [0, 0.05) is 6.20 Å². The van der Waals surface area contributed by atoms with Crippen LogP contribution in [0.25, 0.3) is 0 Å². The Morgan fingerprint density at radius 2 is 1.96 bits per heavy atom. The van der Waals surface area contributed by atoms with Gasteiger partial charge >= 0.3 is 5.97 Å². The van der Waals surface area contributed by atoms with E-state index in [0.717, 1.165) is 12.1 Å². The van der Waals surface area contributed by atoms with E-state index in [2.05, 4.69) is 14.4 Å². The summed E-state index contributed by atoms with van der Waals surface area (Å²) in [6, 6.07) is 6.24. The summed E-state index contributed by atoms with van der Waals surface area (Å²) in [6.07, 6.45) is 1.33. The van der Waals surface area contributed by atoms with Crippen LogP contribution in [0.2, 0.25) is 0 Å². The van der Waals surface area contributed by atoms with Gasteiger partial charge in [0.25, 0.3) is 0 Å². The second-order valence-corrected chi connectivity index (χ2v) is 7.09. The SMILES string of the molecule is COC(=O)c1ccc(CNS(=O)(=O)CCc2ccc(F)c(F)c2)nc1. The molecule has 0 unspecified atom stereocenters. The van der Waals surface area contributed by atoms with Crippen LogP contribution in [0.4, 0.5) is 8.78 Å². The van der Waals surface area contributed by atoms with E-state index in [-0.39, 0.29) is 24.3 Å². The lowest BCUT2D eigenvalue weighted by atomic mass is 10.2. The number of pyridine rings is 1. The van der Waals surface area contributed by atoms with E-state index in [1.807, 2.05) is 0 Å². The second kappa shape index (κ2) is 8.13. The average molecular weight is 370 g/mol. The summed E-state index contributed by atoms with van der Waals surface area (Å²) >= 11 is 0. The maximum atomic E-state index is 13.1. The van der Waals surface area contributed by atoms with E-state index in [1.165, 1.54) is 31.5 Å². The van der Waals surface area contributed by atoms with Crippen molar-refractivity contribution >= 4 is 16.0 Å². The molecule has 2 rings (SSSR count). The molecule has 0 aliphatic rings. The number of nitrogens with zero attached hydrogens (tertiary/aromatic N) is 1. The number of hydrogen-bond donors (Lipinski definition) is 1. The summed E-state index contributed by atoms with van der Waals surface area (Å²) in [6.45, 7) is -0.0540. The number of carbonyl (C=O) groups excluding carboxylic acids is 1. The molecule has 0 fully saturated rings. The van der Waals surface area contributed by atoms with Crippen molar-refractivity contribution in [2.45, 2.75) is 13.0 Å². The fourth-order valence-electron chi connectivity index (χ4n) is 1.97. The van der Waals surface area contributed by atoms with Gasteiger partial charge in [0.05, 0.1) is 30.7 Å². The van der Waals surface area contributed by atoms with Crippen molar-refractivity contribution < 1.29 is 26.7 Å². The highest BCUT2D eigenvalue weighted by molar-refractivity contribution is 7.89. The van der Waals surface area contributed by atoms with Crippen molar-refractivity contribution in [2.24, 2.45) is 0 Å². The fraction of sp³-hybridized carbons (Fsp3) is 0.250. The van der Waals surface area contributed by atoms with Crippen LogP contribution in [0.5, 0.6) is 0 Å². The topological polar surface area (TPSA) is 85.4 Å². The van der Waals surface area contributed by atoms with Crippen LogP contribution in [-0.4, -0.2) is 32.2 Å². The summed E-state index contributed by atoms with van der Waals surface area (Å²) in [7, 11) is -2.38. The Hall–Kier alpha value is -2.39. The summed E-state index contributed by atoms with van der Waals surface area (Å²) in [5.41, 5.74) is 1.06. The lowest BCUT2D eigenvalue weighted by Gasteiger charge is -2.07. The summed E-state index contributed by atoms with van der Waals surface area (Å²) < 4.78 is 56.8. The number of aromatic nitrogens is 1. The number of halogens is 2. The monoisotopic (exact) mass is 370 g/mol. The first-order valence-corrected chi connectivity index (χ1v) is 8.90. The average Bonchev–Trinajstić information content (AvgIpc) is 2.61. The quantitative estimate of drug-likeness (QED) is 0.752. The predicted octanol–water partition coefficient (Wildman–Crippen LogP) is 1.81. The van der Waals surface area contributed by atoms with Gasteiger partial charge < -0.3 is 4.74 Å². The standard InChI is InChI=1S/C16H16F2N2O4S/c1-24-16(21)12-3-4-13(19-9-12)10-20-25(22,23)7-6-11-2-5-14(17)15(18)8-11/h2-5,8-9,20H,6-7,10H2,1H3. The van der Waals surface area contributed by atoms with E-state index in [1.54, 1.807) is 0 Å². The highest BCUT2D eigenvalue weighted by Gasteiger charge is 2.12. The normalized spacial score (nSPS) is 11.3. The third kappa shape index (κ3) is 5.57. The smallest absolute Gasteiger partial charge is 0.339 e. The van der Waals surface area contributed by atoms with Crippen molar-refractivity contribution in [3.8, 4) is 0 Å². The Bertz CT molecular complexity index is 855. The van der Waals surface area contributed by atoms with Crippen LogP contribution in [0.1, 0.15) is 21.6 Å². The number of rotatable bonds is 7. The summed E-state index contributed by atoms with van der Waals surface area (Å²) in [5.74, 6) is -2.81. The van der Waals surface area contributed by atoms with Crippen molar-refractivity contribution in [2.75, 3.05) is 12.9 Å². The molecule has 0 saturated heterocycles. The molecule has 0 atom stereocenters. The molecule has 134 valence electrons. The van der Waals surface area contributed by atoms with Crippen LogP contribution < -0.4 is 4.72 Å². The molecular weight excluding hydrogens is 354 g/mol. The van der Waals surface area contributed by atoms with Gasteiger partial charge in [0.2, 0.25) is 10.0 Å². The first-order chi connectivity index (χ1) is 11.8. The zero-order valence-corrected chi connectivity index (χ0v) is 14.1. The number of benzene rings is 1.